The van der Waals surface area contributed by atoms with Crippen molar-refractivity contribution in [3.8, 4) is 0 Å². The minimum absolute atomic E-state index is 0.0130. The number of fused-ring (bicyclic) bond motifs is 1. The quantitative estimate of drug-likeness (QED) is 0.614. The molecule has 0 spiro atoms. The van der Waals surface area contributed by atoms with E-state index >= 15 is 0 Å². The average molecular weight is 446 g/mol. The predicted molar refractivity (Wildman–Crippen MR) is 108 cm³/mol. The monoisotopic (exact) mass is 444 g/mol. The molecule has 5 nitrogen and oxygen atoms in total. The van der Waals surface area contributed by atoms with Crippen LogP contribution in [0.3, 0.4) is 0 Å². The molecule has 0 saturated carbocycles. The van der Waals surface area contributed by atoms with Gasteiger partial charge in [-0.2, -0.15) is 0 Å². The van der Waals surface area contributed by atoms with Gasteiger partial charge in [0.2, 0.25) is 0 Å². The largest absolute Gasteiger partial charge is 0.451 e. The molecule has 1 aromatic carbocycles. The van der Waals surface area contributed by atoms with E-state index in [1.54, 1.807) is 16.7 Å². The maximum absolute atomic E-state index is 12.7. The second-order valence-electron chi connectivity index (χ2n) is 5.89. The molecule has 0 fully saturated rings. The normalized spacial score (nSPS) is 16.4. The molecule has 1 aliphatic heterocycles. The summed E-state index contributed by atoms with van der Waals surface area (Å²) in [4.78, 5) is 31.4. The van der Waals surface area contributed by atoms with Crippen LogP contribution < -0.4 is 4.90 Å². The number of anilines is 1. The number of carbonyl (C=O) groups is 2. The fraction of sp³-hybridized carbons (Fsp3) is 0.278. The molecule has 1 unspecified atom stereocenters. The maximum atomic E-state index is 12.7. The molecule has 2 aromatic rings. The number of benzene rings is 1. The Kier molecular flexibility index (Phi) is 6.52. The number of pyridine rings is 1. The highest BCUT2D eigenvalue weighted by molar-refractivity contribution is 8.00. The lowest BCUT2D eigenvalue weighted by Gasteiger charge is -2.22. The van der Waals surface area contributed by atoms with Crippen LogP contribution in [0, 0.1) is 0 Å². The molecule has 27 heavy (non-hydrogen) atoms. The molecule has 0 aliphatic carbocycles. The summed E-state index contributed by atoms with van der Waals surface area (Å²) in [5.41, 5.74) is 0.637. The second-order valence-corrected chi connectivity index (χ2v) is 8.53. The first-order valence-electron chi connectivity index (χ1n) is 8.11. The van der Waals surface area contributed by atoms with Gasteiger partial charge < -0.3 is 9.64 Å². The van der Waals surface area contributed by atoms with Crippen molar-refractivity contribution in [2.75, 3.05) is 18.1 Å². The Morgan fingerprint density at radius 2 is 2.00 bits per heavy atom. The molecule has 2 heterocycles. The molecule has 0 N–H and O–H groups in total. The van der Waals surface area contributed by atoms with Gasteiger partial charge in [-0.3, -0.25) is 4.79 Å². The van der Waals surface area contributed by atoms with Gasteiger partial charge in [-0.05, 0) is 18.6 Å². The van der Waals surface area contributed by atoms with Crippen LogP contribution in [-0.2, 0) is 9.53 Å². The highest BCUT2D eigenvalue weighted by atomic mass is 35.5. The Balaban J connectivity index is 1.73. The minimum atomic E-state index is -0.835. The van der Waals surface area contributed by atoms with Crippen LogP contribution in [-0.4, -0.2) is 35.3 Å². The van der Waals surface area contributed by atoms with Gasteiger partial charge in [0.15, 0.2) is 12.3 Å². The van der Waals surface area contributed by atoms with Crippen molar-refractivity contribution < 1.29 is 14.3 Å². The number of thioether (sulfide) groups is 1. The first-order chi connectivity index (χ1) is 12.9. The number of rotatable bonds is 3. The second kappa shape index (κ2) is 8.69. The Labute approximate surface area is 175 Å². The van der Waals surface area contributed by atoms with Crippen LogP contribution in [0.1, 0.15) is 23.8 Å². The molecule has 0 bridgehead atoms. The van der Waals surface area contributed by atoms with Crippen molar-refractivity contribution >= 4 is 64.1 Å². The Morgan fingerprint density at radius 1 is 1.26 bits per heavy atom. The number of carbonyl (C=O) groups excluding carboxylic acids is 2. The standard InChI is InChI=1S/C18H15Cl3N2O3S/c1-10-6-7-23(12-4-2-3-5-13(12)27-10)14(24)9-26-18(25)17-16(21)15(20)11(19)8-22-17/h2-5,8,10H,6-7,9H2,1H3. The number of esters is 1. The third-order valence-electron chi connectivity index (χ3n) is 3.98. The van der Waals surface area contributed by atoms with E-state index in [1.165, 1.54) is 6.20 Å². The van der Waals surface area contributed by atoms with Crippen molar-refractivity contribution in [2.24, 2.45) is 0 Å². The van der Waals surface area contributed by atoms with Crippen LogP contribution >= 0.6 is 46.6 Å². The van der Waals surface area contributed by atoms with E-state index < -0.39 is 12.6 Å². The Hall–Kier alpha value is -1.47. The zero-order valence-corrected chi connectivity index (χ0v) is 17.3. The number of halogens is 3. The Bertz CT molecular complexity index is 894. The molecule has 1 aliphatic rings. The summed E-state index contributed by atoms with van der Waals surface area (Å²) in [6, 6.07) is 7.68. The summed E-state index contributed by atoms with van der Waals surface area (Å²) >= 11 is 19.4. The molecule has 1 aromatic heterocycles. The fourth-order valence-corrected chi connectivity index (χ4v) is 4.28. The molecular formula is C18H15Cl3N2O3S. The highest BCUT2D eigenvalue weighted by Crippen LogP contribution is 2.37. The van der Waals surface area contributed by atoms with E-state index in [-0.39, 0.29) is 26.7 Å². The lowest BCUT2D eigenvalue weighted by Crippen LogP contribution is -2.36. The molecular weight excluding hydrogens is 431 g/mol. The van der Waals surface area contributed by atoms with E-state index in [1.807, 2.05) is 24.3 Å². The van der Waals surface area contributed by atoms with E-state index in [4.69, 9.17) is 39.5 Å². The minimum Gasteiger partial charge on any atom is -0.451 e. The molecule has 142 valence electrons. The van der Waals surface area contributed by atoms with E-state index in [0.29, 0.717) is 11.8 Å². The summed E-state index contributed by atoms with van der Waals surface area (Å²) in [6.07, 6.45) is 2.04. The molecule has 0 radical (unpaired) electrons. The van der Waals surface area contributed by atoms with Crippen LogP contribution in [0.4, 0.5) is 5.69 Å². The lowest BCUT2D eigenvalue weighted by molar-refractivity contribution is -0.121. The topological polar surface area (TPSA) is 59.5 Å². The zero-order chi connectivity index (χ0) is 19.6. The van der Waals surface area contributed by atoms with Gasteiger partial charge in [0.05, 0.1) is 20.8 Å². The van der Waals surface area contributed by atoms with E-state index in [2.05, 4.69) is 11.9 Å². The van der Waals surface area contributed by atoms with Crippen molar-refractivity contribution in [1.29, 1.82) is 0 Å². The Morgan fingerprint density at radius 3 is 2.78 bits per heavy atom. The number of ether oxygens (including phenoxy) is 1. The first kappa shape index (κ1) is 20.3. The van der Waals surface area contributed by atoms with Gasteiger partial charge in [-0.1, -0.05) is 53.9 Å². The van der Waals surface area contributed by atoms with Gasteiger partial charge >= 0.3 is 5.97 Å². The third kappa shape index (κ3) is 4.51. The smallest absolute Gasteiger partial charge is 0.359 e. The summed E-state index contributed by atoms with van der Waals surface area (Å²) in [7, 11) is 0. The molecule has 9 heteroatoms. The first-order valence-corrected chi connectivity index (χ1v) is 10.1. The number of aromatic nitrogens is 1. The molecule has 0 saturated heterocycles. The van der Waals surface area contributed by atoms with Crippen molar-refractivity contribution in [1.82, 2.24) is 4.98 Å². The SMILES string of the molecule is CC1CCN(C(=O)COC(=O)c2ncc(Cl)c(Cl)c2Cl)c2ccccc2S1. The summed E-state index contributed by atoms with van der Waals surface area (Å²) in [5.74, 6) is -1.15. The molecule has 1 amide bonds. The van der Waals surface area contributed by atoms with Crippen LogP contribution in [0.2, 0.25) is 15.1 Å². The number of nitrogens with zero attached hydrogens (tertiary/aromatic N) is 2. The predicted octanol–water partition coefficient (Wildman–Crippen LogP) is 5.12. The van der Waals surface area contributed by atoms with Gasteiger partial charge in [-0.25, -0.2) is 9.78 Å². The number of hydrogen-bond donors (Lipinski definition) is 0. The van der Waals surface area contributed by atoms with E-state index in [0.717, 1.165) is 17.0 Å². The maximum Gasteiger partial charge on any atom is 0.359 e. The van der Waals surface area contributed by atoms with Crippen molar-refractivity contribution in [3.05, 3.63) is 51.2 Å². The van der Waals surface area contributed by atoms with Crippen molar-refractivity contribution in [2.45, 2.75) is 23.5 Å². The summed E-state index contributed by atoms with van der Waals surface area (Å²) in [5, 5.41) is 0.416. The highest BCUT2D eigenvalue weighted by Gasteiger charge is 2.26. The summed E-state index contributed by atoms with van der Waals surface area (Å²) < 4.78 is 5.12. The van der Waals surface area contributed by atoms with E-state index in [9.17, 15) is 9.59 Å². The number of para-hydroxylation sites is 1. The molecule has 1 atom stereocenters. The number of amides is 1. The third-order valence-corrected chi connectivity index (χ3v) is 6.46. The van der Waals surface area contributed by atoms with Crippen LogP contribution in [0.15, 0.2) is 35.4 Å². The van der Waals surface area contributed by atoms with Crippen LogP contribution in [0.25, 0.3) is 0 Å². The van der Waals surface area contributed by atoms with Gasteiger partial charge in [0.25, 0.3) is 5.91 Å². The lowest BCUT2D eigenvalue weighted by atomic mass is 10.2. The van der Waals surface area contributed by atoms with Gasteiger partial charge in [-0.15, -0.1) is 11.8 Å². The summed E-state index contributed by atoms with van der Waals surface area (Å²) in [6.45, 7) is 2.24. The molecule has 3 rings (SSSR count). The number of hydrogen-bond acceptors (Lipinski definition) is 5. The fourth-order valence-electron chi connectivity index (χ4n) is 2.61. The van der Waals surface area contributed by atoms with Gasteiger partial charge in [0.1, 0.15) is 0 Å². The zero-order valence-electron chi connectivity index (χ0n) is 14.2. The average Bonchev–Trinajstić information content (AvgIpc) is 2.82. The van der Waals surface area contributed by atoms with Gasteiger partial charge in [0, 0.05) is 22.9 Å². The van der Waals surface area contributed by atoms with Crippen LogP contribution in [0.5, 0.6) is 0 Å². The van der Waals surface area contributed by atoms with Crippen molar-refractivity contribution in [3.63, 3.8) is 0 Å².